The predicted octanol–water partition coefficient (Wildman–Crippen LogP) is 1.71. The molecule has 1 aromatic rings. The molecule has 86 valence electrons. The second kappa shape index (κ2) is 4.95. The first-order valence-corrected chi connectivity index (χ1v) is 5.23. The first kappa shape index (κ1) is 12.5. The zero-order valence-corrected chi connectivity index (χ0v) is 10.3. The molecule has 0 fully saturated rings. The molecule has 0 atom stereocenters. The Kier molecular flexibility index (Phi) is 3.86. The average Bonchev–Trinajstić information content (AvgIpc) is 2.27. The highest BCUT2D eigenvalue weighted by molar-refractivity contribution is 5.39. The van der Waals surface area contributed by atoms with Crippen LogP contribution in [-0.2, 0) is 0 Å². The van der Waals surface area contributed by atoms with Crippen molar-refractivity contribution in [3.8, 4) is 6.07 Å². The lowest BCUT2D eigenvalue weighted by atomic mass is 10.0. The van der Waals surface area contributed by atoms with Gasteiger partial charge in [0, 0.05) is 18.3 Å². The Balaban J connectivity index is 2.59. The second-order valence-corrected chi connectivity index (χ2v) is 4.60. The molecule has 1 rings (SSSR count). The molecule has 1 N–H and O–H groups in total. The molecule has 16 heavy (non-hydrogen) atoms. The average molecular weight is 218 g/mol. The lowest BCUT2D eigenvalue weighted by molar-refractivity contribution is 0.210. The Bertz CT molecular complexity index is 373. The van der Waals surface area contributed by atoms with E-state index in [9.17, 15) is 0 Å². The van der Waals surface area contributed by atoms with E-state index in [-0.39, 0.29) is 5.54 Å². The summed E-state index contributed by atoms with van der Waals surface area (Å²) in [5, 5.41) is 11.9. The summed E-state index contributed by atoms with van der Waals surface area (Å²) in [7, 11) is 4.10. The van der Waals surface area contributed by atoms with Gasteiger partial charge in [0.05, 0.1) is 5.56 Å². The monoisotopic (exact) mass is 218 g/mol. The van der Waals surface area contributed by atoms with E-state index in [0.29, 0.717) is 5.56 Å². The molecule has 0 aliphatic carbocycles. The number of hydrogen-bond donors (Lipinski definition) is 1. The van der Waals surface area contributed by atoms with Gasteiger partial charge in [-0.3, -0.25) is 0 Å². The fourth-order valence-corrected chi connectivity index (χ4v) is 1.03. The molecule has 0 bridgehead atoms. The van der Waals surface area contributed by atoms with Crippen molar-refractivity contribution in [2.45, 2.75) is 19.4 Å². The molecule has 4 heteroatoms. The third-order valence-corrected chi connectivity index (χ3v) is 2.81. The molecule has 1 heterocycles. The fraction of sp³-hybridized carbons (Fsp3) is 0.500. The molecule has 0 unspecified atom stereocenters. The number of pyridine rings is 1. The number of rotatable bonds is 4. The van der Waals surface area contributed by atoms with Crippen LogP contribution >= 0.6 is 0 Å². The van der Waals surface area contributed by atoms with Gasteiger partial charge >= 0.3 is 0 Å². The van der Waals surface area contributed by atoms with Gasteiger partial charge < -0.3 is 10.2 Å². The van der Waals surface area contributed by atoms with Crippen LogP contribution in [0.2, 0.25) is 0 Å². The van der Waals surface area contributed by atoms with Crippen molar-refractivity contribution in [2.75, 3.05) is 26.0 Å². The Morgan fingerprint density at radius 1 is 1.44 bits per heavy atom. The smallest absolute Gasteiger partial charge is 0.126 e. The standard InChI is InChI=1S/C12H18N4/c1-12(2,16(3)4)9-15-11-6-5-10(7-13)8-14-11/h5-6,8H,9H2,1-4H3,(H,14,15). The molecule has 0 saturated heterocycles. The summed E-state index contributed by atoms with van der Waals surface area (Å²) < 4.78 is 0. The highest BCUT2D eigenvalue weighted by atomic mass is 15.2. The van der Waals surface area contributed by atoms with Crippen LogP contribution in [0.15, 0.2) is 18.3 Å². The molecule has 0 saturated carbocycles. The van der Waals surface area contributed by atoms with Crippen LogP contribution in [0, 0.1) is 11.3 Å². The lowest BCUT2D eigenvalue weighted by Gasteiger charge is -2.32. The summed E-state index contributed by atoms with van der Waals surface area (Å²) in [6.07, 6.45) is 1.57. The number of hydrogen-bond acceptors (Lipinski definition) is 4. The number of anilines is 1. The summed E-state index contributed by atoms with van der Waals surface area (Å²) in [5.41, 5.74) is 0.646. The molecule has 0 aromatic carbocycles. The topological polar surface area (TPSA) is 52.0 Å². The summed E-state index contributed by atoms with van der Waals surface area (Å²) >= 11 is 0. The number of likely N-dealkylation sites (N-methyl/N-ethyl adjacent to an activating group) is 1. The van der Waals surface area contributed by atoms with E-state index >= 15 is 0 Å². The quantitative estimate of drug-likeness (QED) is 0.835. The third kappa shape index (κ3) is 3.21. The van der Waals surface area contributed by atoms with Crippen LogP contribution in [0.3, 0.4) is 0 Å². The van der Waals surface area contributed by atoms with E-state index < -0.39 is 0 Å². The summed E-state index contributed by atoms with van der Waals surface area (Å²) in [6, 6.07) is 5.63. The summed E-state index contributed by atoms with van der Waals surface area (Å²) in [6.45, 7) is 5.12. The van der Waals surface area contributed by atoms with Gasteiger partial charge in [0.15, 0.2) is 0 Å². The fourth-order valence-electron chi connectivity index (χ4n) is 1.03. The third-order valence-electron chi connectivity index (χ3n) is 2.81. The van der Waals surface area contributed by atoms with E-state index in [1.807, 2.05) is 26.2 Å². The van der Waals surface area contributed by atoms with E-state index in [1.165, 1.54) is 0 Å². The Morgan fingerprint density at radius 2 is 2.12 bits per heavy atom. The zero-order chi connectivity index (χ0) is 12.2. The van der Waals surface area contributed by atoms with Crippen LogP contribution in [0.5, 0.6) is 0 Å². The maximum atomic E-state index is 8.64. The van der Waals surface area contributed by atoms with Gasteiger partial charge in [-0.2, -0.15) is 5.26 Å². The van der Waals surface area contributed by atoms with Crippen LogP contribution in [-0.4, -0.2) is 36.1 Å². The van der Waals surface area contributed by atoms with E-state index in [0.717, 1.165) is 12.4 Å². The largest absolute Gasteiger partial charge is 0.368 e. The Labute approximate surface area is 96.9 Å². The van der Waals surface area contributed by atoms with E-state index in [2.05, 4.69) is 29.0 Å². The zero-order valence-electron chi connectivity index (χ0n) is 10.3. The highest BCUT2D eigenvalue weighted by Gasteiger charge is 2.19. The van der Waals surface area contributed by atoms with Crippen LogP contribution in [0.4, 0.5) is 5.82 Å². The van der Waals surface area contributed by atoms with Crippen molar-refractivity contribution >= 4 is 5.82 Å². The van der Waals surface area contributed by atoms with Crippen LogP contribution in [0.25, 0.3) is 0 Å². The molecular formula is C12H18N4. The van der Waals surface area contributed by atoms with Crippen molar-refractivity contribution in [2.24, 2.45) is 0 Å². The van der Waals surface area contributed by atoms with Gasteiger partial charge in [0.1, 0.15) is 11.9 Å². The molecule has 0 spiro atoms. The van der Waals surface area contributed by atoms with E-state index in [1.54, 1.807) is 12.3 Å². The minimum atomic E-state index is 0.0651. The highest BCUT2D eigenvalue weighted by Crippen LogP contribution is 2.11. The minimum absolute atomic E-state index is 0.0651. The SMILES string of the molecule is CN(C)C(C)(C)CNc1ccc(C#N)cn1. The van der Waals surface area contributed by atoms with Crippen molar-refractivity contribution in [1.29, 1.82) is 5.26 Å². The van der Waals surface area contributed by atoms with Gasteiger partial charge in [-0.15, -0.1) is 0 Å². The Hall–Kier alpha value is -1.60. The molecule has 1 aromatic heterocycles. The van der Waals surface area contributed by atoms with Crippen LogP contribution in [0.1, 0.15) is 19.4 Å². The van der Waals surface area contributed by atoms with Crippen molar-refractivity contribution < 1.29 is 0 Å². The number of nitriles is 1. The van der Waals surface area contributed by atoms with Crippen molar-refractivity contribution in [3.05, 3.63) is 23.9 Å². The number of nitrogens with one attached hydrogen (secondary N) is 1. The van der Waals surface area contributed by atoms with Crippen molar-refractivity contribution in [1.82, 2.24) is 9.88 Å². The molecule has 0 aliphatic rings. The normalized spacial score (nSPS) is 11.2. The van der Waals surface area contributed by atoms with E-state index in [4.69, 9.17) is 5.26 Å². The molecular weight excluding hydrogens is 200 g/mol. The molecule has 0 aliphatic heterocycles. The second-order valence-electron chi connectivity index (χ2n) is 4.60. The lowest BCUT2D eigenvalue weighted by Crippen LogP contribution is -2.44. The summed E-state index contributed by atoms with van der Waals surface area (Å²) in [4.78, 5) is 6.32. The van der Waals surface area contributed by atoms with Gasteiger partial charge in [0.2, 0.25) is 0 Å². The minimum Gasteiger partial charge on any atom is -0.368 e. The van der Waals surface area contributed by atoms with Gasteiger partial charge in [-0.25, -0.2) is 4.98 Å². The first-order valence-electron chi connectivity index (χ1n) is 5.23. The maximum absolute atomic E-state index is 8.64. The Morgan fingerprint density at radius 3 is 2.56 bits per heavy atom. The molecule has 0 amide bonds. The van der Waals surface area contributed by atoms with Crippen molar-refractivity contribution in [3.63, 3.8) is 0 Å². The molecule has 0 radical (unpaired) electrons. The first-order chi connectivity index (χ1) is 7.45. The number of aromatic nitrogens is 1. The van der Waals surface area contributed by atoms with Gasteiger partial charge in [0.25, 0.3) is 0 Å². The predicted molar refractivity (Wildman–Crippen MR) is 65.2 cm³/mol. The van der Waals surface area contributed by atoms with Gasteiger partial charge in [-0.05, 0) is 40.1 Å². The summed E-state index contributed by atoms with van der Waals surface area (Å²) in [5.74, 6) is 0.800. The van der Waals surface area contributed by atoms with Crippen LogP contribution < -0.4 is 5.32 Å². The molecule has 4 nitrogen and oxygen atoms in total. The maximum Gasteiger partial charge on any atom is 0.126 e. The number of nitrogens with zero attached hydrogens (tertiary/aromatic N) is 3. The van der Waals surface area contributed by atoms with Gasteiger partial charge in [-0.1, -0.05) is 0 Å².